The fraction of sp³-hybridized carbons (Fsp3) is 0.167. The second kappa shape index (κ2) is 5.86. The summed E-state index contributed by atoms with van der Waals surface area (Å²) in [5, 5.41) is 11.0. The Kier molecular flexibility index (Phi) is 3.65. The van der Waals surface area contributed by atoms with E-state index in [4.69, 9.17) is 5.11 Å². The molecule has 1 aliphatic carbocycles. The van der Waals surface area contributed by atoms with Crippen LogP contribution >= 0.6 is 0 Å². The molecule has 0 radical (unpaired) electrons. The van der Waals surface area contributed by atoms with E-state index in [1.165, 1.54) is 12.1 Å². The van der Waals surface area contributed by atoms with Gasteiger partial charge >= 0.3 is 12.6 Å². The van der Waals surface area contributed by atoms with E-state index in [0.717, 1.165) is 16.8 Å². The Bertz CT molecular complexity index is 882. The van der Waals surface area contributed by atoms with Gasteiger partial charge in [-0.05, 0) is 41.5 Å². The number of nitrogens with zero attached hydrogens (tertiary/aromatic N) is 1. The summed E-state index contributed by atoms with van der Waals surface area (Å²) in [5.74, 6) is -0.824. The van der Waals surface area contributed by atoms with Crippen molar-refractivity contribution in [3.8, 4) is 5.75 Å². The number of halogens is 2. The zero-order valence-electron chi connectivity index (χ0n) is 12.9. The molecule has 1 heterocycles. The van der Waals surface area contributed by atoms with E-state index >= 15 is 0 Å². The number of nitrogens with one attached hydrogen (secondary N) is 1. The maximum absolute atomic E-state index is 12.6. The molecule has 25 heavy (non-hydrogen) atoms. The van der Waals surface area contributed by atoms with Crippen molar-refractivity contribution in [3.05, 3.63) is 64.7 Å². The van der Waals surface area contributed by atoms with Crippen molar-refractivity contribution < 1.29 is 23.4 Å². The molecule has 1 atom stereocenters. The number of ether oxygens (including phenoxy) is 1. The maximum Gasteiger partial charge on any atom is 0.387 e. The monoisotopic (exact) mass is 344 g/mol. The van der Waals surface area contributed by atoms with Crippen LogP contribution in [-0.2, 0) is 0 Å². The molecule has 4 rings (SSSR count). The Labute approximate surface area is 142 Å². The van der Waals surface area contributed by atoms with Gasteiger partial charge < -0.3 is 14.9 Å². The molecule has 7 heteroatoms. The van der Waals surface area contributed by atoms with Crippen LogP contribution in [0.3, 0.4) is 0 Å². The van der Waals surface area contributed by atoms with Gasteiger partial charge in [-0.15, -0.1) is 0 Å². The molecule has 1 fully saturated rings. The van der Waals surface area contributed by atoms with Gasteiger partial charge in [0.05, 0.1) is 23.8 Å². The summed E-state index contributed by atoms with van der Waals surface area (Å²) in [6, 6.07) is 11.6. The zero-order chi connectivity index (χ0) is 17.6. The second-order valence-electron chi connectivity index (χ2n) is 5.86. The number of hydrogen-bond donors (Lipinski definition) is 2. The number of aromatic carboxylic acids is 1. The molecule has 1 aliphatic heterocycles. The lowest BCUT2D eigenvalue weighted by Crippen LogP contribution is -2.32. The van der Waals surface area contributed by atoms with Crippen LogP contribution in [0.5, 0.6) is 5.75 Å². The average molecular weight is 344 g/mol. The van der Waals surface area contributed by atoms with E-state index in [-0.39, 0.29) is 17.4 Å². The van der Waals surface area contributed by atoms with Crippen molar-refractivity contribution in [2.45, 2.75) is 12.7 Å². The van der Waals surface area contributed by atoms with E-state index in [1.54, 1.807) is 18.2 Å². The number of carboxylic acid groups (broad SMARTS) is 1. The molecule has 2 aliphatic rings. The van der Waals surface area contributed by atoms with Crippen molar-refractivity contribution in [3.63, 3.8) is 0 Å². The summed E-state index contributed by atoms with van der Waals surface area (Å²) >= 11 is 0. The van der Waals surface area contributed by atoms with Crippen LogP contribution < -0.4 is 15.2 Å². The highest BCUT2D eigenvalue weighted by molar-refractivity contribution is 5.89. The standard InChI is InChI=1S/C18H14F2N2O3/c19-18(20)25-15-6-2-5-13-14(15)8-11-9-22(21-16(11)13)12-4-1-3-10(7-12)17(23)24/h1-8,16,18,21H,9H2,(H,23,24). The lowest BCUT2D eigenvalue weighted by atomic mass is 10.1. The quantitative estimate of drug-likeness (QED) is 0.890. The molecule has 0 bridgehead atoms. The molecule has 1 unspecified atom stereocenters. The van der Waals surface area contributed by atoms with Crippen molar-refractivity contribution in [2.24, 2.45) is 0 Å². The largest absolute Gasteiger partial charge is 0.478 e. The van der Waals surface area contributed by atoms with Crippen LogP contribution in [0.1, 0.15) is 27.5 Å². The number of alkyl halides is 2. The van der Waals surface area contributed by atoms with Crippen LogP contribution in [0.2, 0.25) is 0 Å². The van der Waals surface area contributed by atoms with Crippen molar-refractivity contribution in [2.75, 3.05) is 11.6 Å². The van der Waals surface area contributed by atoms with Gasteiger partial charge in [-0.2, -0.15) is 8.78 Å². The molecule has 0 saturated carbocycles. The van der Waals surface area contributed by atoms with Gasteiger partial charge in [0.1, 0.15) is 5.75 Å². The molecule has 1 saturated heterocycles. The molecule has 0 spiro atoms. The summed E-state index contributed by atoms with van der Waals surface area (Å²) in [7, 11) is 0. The molecule has 2 N–H and O–H groups in total. The summed E-state index contributed by atoms with van der Waals surface area (Å²) in [5.41, 5.74) is 6.78. The fourth-order valence-corrected chi connectivity index (χ4v) is 3.28. The summed E-state index contributed by atoms with van der Waals surface area (Å²) in [6.45, 7) is -2.34. The molecule has 128 valence electrons. The third kappa shape index (κ3) is 2.72. The lowest BCUT2D eigenvalue weighted by Gasteiger charge is -2.21. The van der Waals surface area contributed by atoms with Gasteiger partial charge in [0, 0.05) is 5.56 Å². The number of carbonyl (C=O) groups is 1. The van der Waals surface area contributed by atoms with Gasteiger partial charge in [-0.25, -0.2) is 10.2 Å². The number of anilines is 1. The predicted octanol–water partition coefficient (Wildman–Crippen LogP) is 3.45. The fourth-order valence-electron chi connectivity index (χ4n) is 3.28. The predicted molar refractivity (Wildman–Crippen MR) is 87.7 cm³/mol. The highest BCUT2D eigenvalue weighted by atomic mass is 19.3. The first-order chi connectivity index (χ1) is 12.0. The summed E-state index contributed by atoms with van der Waals surface area (Å²) in [4.78, 5) is 11.1. The smallest absolute Gasteiger partial charge is 0.387 e. The maximum atomic E-state index is 12.6. The van der Waals surface area contributed by atoms with Crippen LogP contribution in [-0.4, -0.2) is 24.2 Å². The van der Waals surface area contributed by atoms with Crippen LogP contribution in [0, 0.1) is 0 Å². The highest BCUT2D eigenvalue weighted by Gasteiger charge is 2.35. The first kappa shape index (κ1) is 15.6. The van der Waals surface area contributed by atoms with Crippen LogP contribution in [0.15, 0.2) is 48.0 Å². The van der Waals surface area contributed by atoms with E-state index in [2.05, 4.69) is 10.2 Å². The molecule has 2 aromatic rings. The van der Waals surface area contributed by atoms with Gasteiger partial charge in [0.15, 0.2) is 0 Å². The van der Waals surface area contributed by atoms with Crippen molar-refractivity contribution >= 4 is 17.7 Å². The average Bonchev–Trinajstić information content (AvgIpc) is 3.13. The number of fused-ring (bicyclic) bond motifs is 3. The van der Waals surface area contributed by atoms with E-state index in [0.29, 0.717) is 12.1 Å². The molecular formula is C18H14F2N2O3. The SMILES string of the molecule is O=C(O)c1cccc(N2CC3=Cc4c(OC(F)F)cccc4C3N2)c1. The van der Waals surface area contributed by atoms with Gasteiger partial charge in [0.2, 0.25) is 0 Å². The Morgan fingerprint density at radius 1 is 1.28 bits per heavy atom. The number of carboxylic acids is 1. The Morgan fingerprint density at radius 3 is 2.84 bits per heavy atom. The number of hydrogen-bond acceptors (Lipinski definition) is 4. The molecule has 0 aromatic heterocycles. The van der Waals surface area contributed by atoms with Gasteiger partial charge in [-0.1, -0.05) is 18.2 Å². The van der Waals surface area contributed by atoms with Crippen molar-refractivity contribution in [1.82, 2.24) is 5.43 Å². The topological polar surface area (TPSA) is 61.8 Å². The van der Waals surface area contributed by atoms with Crippen LogP contribution in [0.4, 0.5) is 14.5 Å². The first-order valence-electron chi connectivity index (χ1n) is 7.68. The summed E-state index contributed by atoms with van der Waals surface area (Å²) in [6.07, 6.45) is 1.85. The third-order valence-electron chi connectivity index (χ3n) is 4.36. The molecule has 0 amide bonds. The summed E-state index contributed by atoms with van der Waals surface area (Å²) < 4.78 is 29.7. The van der Waals surface area contributed by atoms with Gasteiger partial charge in [0.25, 0.3) is 0 Å². The first-order valence-corrected chi connectivity index (χ1v) is 7.68. The molecule has 5 nitrogen and oxygen atoms in total. The lowest BCUT2D eigenvalue weighted by molar-refractivity contribution is -0.0500. The Balaban J connectivity index is 1.62. The minimum atomic E-state index is -2.87. The van der Waals surface area contributed by atoms with E-state index in [9.17, 15) is 13.6 Å². The molecular weight excluding hydrogens is 330 g/mol. The number of benzene rings is 2. The third-order valence-corrected chi connectivity index (χ3v) is 4.36. The number of hydrazine groups is 1. The van der Waals surface area contributed by atoms with E-state index in [1.807, 2.05) is 23.2 Å². The van der Waals surface area contributed by atoms with Gasteiger partial charge in [-0.3, -0.25) is 0 Å². The van der Waals surface area contributed by atoms with E-state index < -0.39 is 12.6 Å². The zero-order valence-corrected chi connectivity index (χ0v) is 12.9. The second-order valence-corrected chi connectivity index (χ2v) is 5.86. The highest BCUT2D eigenvalue weighted by Crippen LogP contribution is 2.43. The van der Waals surface area contributed by atoms with Crippen molar-refractivity contribution in [1.29, 1.82) is 0 Å². The Hall–Kier alpha value is -2.93. The molecule has 2 aromatic carbocycles. The number of rotatable bonds is 4. The Morgan fingerprint density at radius 2 is 2.08 bits per heavy atom. The minimum Gasteiger partial charge on any atom is -0.478 e. The van der Waals surface area contributed by atoms with Crippen LogP contribution in [0.25, 0.3) is 6.08 Å². The minimum absolute atomic E-state index is 0.135. The normalized spacial score (nSPS) is 18.1.